The summed E-state index contributed by atoms with van der Waals surface area (Å²) >= 11 is 0. The molecule has 0 fully saturated rings. The standard InChI is InChI=1S/C7H7N5O/c8-6-5-7(10-3-9-5)11-4-12(6)1-2-13/h2-4,8H,1H2,(H,9,10). The Balaban J connectivity index is 2.73. The number of aromatic amines is 1. The molecule has 0 spiro atoms. The average molecular weight is 177 g/mol. The number of hydrogen-bond donors (Lipinski definition) is 2. The van der Waals surface area contributed by atoms with E-state index >= 15 is 0 Å². The van der Waals surface area contributed by atoms with Crippen LogP contribution in [0.15, 0.2) is 12.7 Å². The van der Waals surface area contributed by atoms with Gasteiger partial charge in [-0.2, -0.15) is 0 Å². The molecule has 6 heteroatoms. The maximum Gasteiger partial charge on any atom is 0.182 e. The first-order valence-corrected chi connectivity index (χ1v) is 3.69. The van der Waals surface area contributed by atoms with E-state index in [9.17, 15) is 4.79 Å². The number of aldehydes is 1. The molecule has 0 aliphatic heterocycles. The van der Waals surface area contributed by atoms with Crippen molar-refractivity contribution in [3.05, 3.63) is 18.1 Å². The Morgan fingerprint density at radius 3 is 3.23 bits per heavy atom. The third-order valence-corrected chi connectivity index (χ3v) is 1.73. The smallest absolute Gasteiger partial charge is 0.182 e. The first kappa shape index (κ1) is 7.66. The normalized spacial score (nSPS) is 10.5. The third kappa shape index (κ3) is 1.12. The minimum absolute atomic E-state index is 0.140. The van der Waals surface area contributed by atoms with Crippen LogP contribution in [-0.2, 0) is 11.3 Å². The molecule has 2 aromatic heterocycles. The molecular formula is C7H7N5O. The van der Waals surface area contributed by atoms with E-state index < -0.39 is 0 Å². The van der Waals surface area contributed by atoms with Crippen LogP contribution in [0.25, 0.3) is 11.2 Å². The van der Waals surface area contributed by atoms with Crippen molar-refractivity contribution in [2.75, 3.05) is 0 Å². The van der Waals surface area contributed by atoms with Crippen molar-refractivity contribution < 1.29 is 4.79 Å². The van der Waals surface area contributed by atoms with Gasteiger partial charge in [-0.05, 0) is 0 Å². The highest BCUT2D eigenvalue weighted by atomic mass is 16.1. The molecule has 0 unspecified atom stereocenters. The molecule has 2 aromatic rings. The topological polar surface area (TPSA) is 87.4 Å². The summed E-state index contributed by atoms with van der Waals surface area (Å²) in [4.78, 5) is 20.9. The van der Waals surface area contributed by atoms with Gasteiger partial charge in [-0.3, -0.25) is 5.41 Å². The molecule has 0 saturated heterocycles. The molecule has 2 rings (SSSR count). The van der Waals surface area contributed by atoms with E-state index in [0.29, 0.717) is 11.2 Å². The fourth-order valence-electron chi connectivity index (χ4n) is 1.10. The zero-order chi connectivity index (χ0) is 9.26. The van der Waals surface area contributed by atoms with E-state index in [0.717, 1.165) is 6.29 Å². The van der Waals surface area contributed by atoms with E-state index in [1.165, 1.54) is 17.2 Å². The van der Waals surface area contributed by atoms with Gasteiger partial charge >= 0.3 is 0 Å². The maximum atomic E-state index is 10.2. The van der Waals surface area contributed by atoms with Gasteiger partial charge in [0, 0.05) is 0 Å². The Morgan fingerprint density at radius 1 is 1.62 bits per heavy atom. The van der Waals surface area contributed by atoms with E-state index in [1.807, 2.05) is 0 Å². The molecule has 2 N–H and O–H groups in total. The molecular weight excluding hydrogens is 170 g/mol. The highest BCUT2D eigenvalue weighted by Crippen LogP contribution is 1.96. The molecule has 0 radical (unpaired) electrons. The Labute approximate surface area is 72.8 Å². The Bertz CT molecular complexity index is 497. The Kier molecular flexibility index (Phi) is 1.66. The number of carbonyl (C=O) groups excluding carboxylic acids is 1. The van der Waals surface area contributed by atoms with Gasteiger partial charge in [0.05, 0.1) is 19.2 Å². The minimum Gasteiger partial charge on any atom is -0.340 e. The van der Waals surface area contributed by atoms with Crippen molar-refractivity contribution in [1.29, 1.82) is 5.41 Å². The summed E-state index contributed by atoms with van der Waals surface area (Å²) in [5.74, 6) is 0. The number of nitrogens with zero attached hydrogens (tertiary/aromatic N) is 3. The highest BCUT2D eigenvalue weighted by Gasteiger charge is 2.01. The lowest BCUT2D eigenvalue weighted by molar-refractivity contribution is -0.108. The van der Waals surface area contributed by atoms with Crippen molar-refractivity contribution in [1.82, 2.24) is 19.5 Å². The molecule has 0 atom stereocenters. The number of nitrogens with one attached hydrogen (secondary N) is 2. The van der Waals surface area contributed by atoms with Crippen LogP contribution in [0.2, 0.25) is 0 Å². The van der Waals surface area contributed by atoms with Crippen molar-refractivity contribution >= 4 is 17.5 Å². The first-order chi connectivity index (χ1) is 6.33. The largest absolute Gasteiger partial charge is 0.340 e. The van der Waals surface area contributed by atoms with Crippen LogP contribution in [0.5, 0.6) is 0 Å². The highest BCUT2D eigenvalue weighted by molar-refractivity contribution is 5.67. The second kappa shape index (κ2) is 2.81. The molecule has 2 heterocycles. The summed E-state index contributed by atoms with van der Waals surface area (Å²) in [6.45, 7) is 0.140. The number of H-pyrrole nitrogens is 1. The fraction of sp³-hybridized carbons (Fsp3) is 0.143. The quantitative estimate of drug-likeness (QED) is 0.602. The number of hydrogen-bond acceptors (Lipinski definition) is 4. The predicted molar refractivity (Wildman–Crippen MR) is 43.8 cm³/mol. The second-order valence-electron chi connectivity index (χ2n) is 2.51. The first-order valence-electron chi connectivity index (χ1n) is 3.69. The lowest BCUT2D eigenvalue weighted by atomic mass is 10.5. The monoisotopic (exact) mass is 177 g/mol. The van der Waals surface area contributed by atoms with Gasteiger partial charge in [0.15, 0.2) is 11.1 Å². The van der Waals surface area contributed by atoms with Gasteiger partial charge in [0.2, 0.25) is 0 Å². The van der Waals surface area contributed by atoms with Gasteiger partial charge in [0.25, 0.3) is 0 Å². The summed E-state index contributed by atoms with van der Waals surface area (Å²) in [7, 11) is 0. The lowest BCUT2D eigenvalue weighted by Crippen LogP contribution is -2.21. The SMILES string of the molecule is N=c1c2[nH]cnc2ncn1CC=O. The number of aromatic nitrogens is 4. The summed E-state index contributed by atoms with van der Waals surface area (Å²) in [6, 6.07) is 0. The van der Waals surface area contributed by atoms with Gasteiger partial charge in [-0.15, -0.1) is 0 Å². The number of fused-ring (bicyclic) bond motifs is 1. The van der Waals surface area contributed by atoms with Gasteiger partial charge in [0.1, 0.15) is 11.8 Å². The van der Waals surface area contributed by atoms with Gasteiger partial charge in [-0.1, -0.05) is 0 Å². The zero-order valence-corrected chi connectivity index (χ0v) is 6.69. The molecule has 13 heavy (non-hydrogen) atoms. The average Bonchev–Trinajstić information content (AvgIpc) is 2.58. The van der Waals surface area contributed by atoms with E-state index in [2.05, 4.69) is 15.0 Å². The molecule has 0 aliphatic carbocycles. The van der Waals surface area contributed by atoms with Crippen LogP contribution in [0.3, 0.4) is 0 Å². The van der Waals surface area contributed by atoms with Gasteiger partial charge < -0.3 is 14.3 Å². The summed E-state index contributed by atoms with van der Waals surface area (Å²) in [5, 5.41) is 7.65. The third-order valence-electron chi connectivity index (χ3n) is 1.73. The molecule has 6 nitrogen and oxygen atoms in total. The summed E-state index contributed by atoms with van der Waals surface area (Å²) in [6.07, 6.45) is 3.63. The van der Waals surface area contributed by atoms with Crippen LogP contribution in [0.1, 0.15) is 0 Å². The summed E-state index contributed by atoms with van der Waals surface area (Å²) < 4.78 is 1.44. The van der Waals surface area contributed by atoms with Crippen LogP contribution >= 0.6 is 0 Å². The van der Waals surface area contributed by atoms with Crippen LogP contribution in [-0.4, -0.2) is 25.8 Å². The van der Waals surface area contributed by atoms with Crippen molar-refractivity contribution in [3.8, 4) is 0 Å². The van der Waals surface area contributed by atoms with E-state index in [-0.39, 0.29) is 12.0 Å². The molecule has 0 amide bonds. The van der Waals surface area contributed by atoms with Crippen molar-refractivity contribution in [3.63, 3.8) is 0 Å². The maximum absolute atomic E-state index is 10.2. The molecule has 0 saturated carbocycles. The Hall–Kier alpha value is -1.98. The van der Waals surface area contributed by atoms with Crippen LogP contribution < -0.4 is 5.49 Å². The molecule has 0 aliphatic rings. The molecule has 0 aromatic carbocycles. The number of imidazole rings is 1. The fourth-order valence-corrected chi connectivity index (χ4v) is 1.10. The lowest BCUT2D eigenvalue weighted by Gasteiger charge is -1.99. The zero-order valence-electron chi connectivity index (χ0n) is 6.69. The van der Waals surface area contributed by atoms with Gasteiger partial charge in [-0.25, -0.2) is 9.97 Å². The Morgan fingerprint density at radius 2 is 2.46 bits per heavy atom. The van der Waals surface area contributed by atoms with Crippen LogP contribution in [0.4, 0.5) is 0 Å². The molecule has 66 valence electrons. The number of carbonyl (C=O) groups is 1. The van der Waals surface area contributed by atoms with E-state index in [4.69, 9.17) is 5.41 Å². The summed E-state index contributed by atoms with van der Waals surface area (Å²) in [5.41, 5.74) is 1.26. The minimum atomic E-state index is 0.140. The predicted octanol–water partition coefficient (Wildman–Crippen LogP) is -0.562. The molecule has 0 bridgehead atoms. The van der Waals surface area contributed by atoms with Crippen molar-refractivity contribution in [2.24, 2.45) is 0 Å². The second-order valence-corrected chi connectivity index (χ2v) is 2.51. The van der Waals surface area contributed by atoms with Crippen molar-refractivity contribution in [2.45, 2.75) is 6.54 Å². The van der Waals surface area contributed by atoms with E-state index in [1.54, 1.807) is 0 Å². The number of rotatable bonds is 2. The van der Waals surface area contributed by atoms with Crippen LogP contribution in [0, 0.1) is 5.41 Å².